The van der Waals surface area contributed by atoms with Crippen molar-refractivity contribution in [3.8, 4) is 5.75 Å². The Morgan fingerprint density at radius 2 is 1.62 bits per heavy atom. The standard InChI is InChI=1S/C26H28N2O4/c1-2-32-20-12-10-19(11-13-20)27-24(29)21(14-16-6-4-3-5-7-16)28-25(30)22-17-8-9-18(15-17)23(22)26(28)31/h3-7,10-13,17-18,21-23H,2,8-9,14-15H2,1H3,(H,27,29)/t17-,18+,21-,22+,23+/m1/s1. The van der Waals surface area contributed by atoms with E-state index in [4.69, 9.17) is 4.74 Å². The molecule has 3 amide bonds. The quantitative estimate of drug-likeness (QED) is 0.678. The van der Waals surface area contributed by atoms with E-state index in [1.807, 2.05) is 37.3 Å². The Labute approximate surface area is 187 Å². The van der Waals surface area contributed by atoms with Gasteiger partial charge in [-0.3, -0.25) is 19.3 Å². The van der Waals surface area contributed by atoms with E-state index in [0.29, 0.717) is 18.7 Å². The Hall–Kier alpha value is -3.15. The van der Waals surface area contributed by atoms with Crippen molar-refractivity contribution in [1.82, 2.24) is 4.90 Å². The number of hydrogen-bond acceptors (Lipinski definition) is 4. The van der Waals surface area contributed by atoms with Crippen molar-refractivity contribution >= 4 is 23.4 Å². The van der Waals surface area contributed by atoms with Crippen molar-refractivity contribution in [1.29, 1.82) is 0 Å². The molecule has 6 heteroatoms. The highest BCUT2D eigenvalue weighted by atomic mass is 16.5. The van der Waals surface area contributed by atoms with Crippen LogP contribution >= 0.6 is 0 Å². The van der Waals surface area contributed by atoms with Crippen LogP contribution in [0.5, 0.6) is 5.75 Å². The molecule has 2 aromatic rings. The number of benzene rings is 2. The molecule has 1 heterocycles. The van der Waals surface area contributed by atoms with Crippen LogP contribution in [0.25, 0.3) is 0 Å². The van der Waals surface area contributed by atoms with E-state index >= 15 is 0 Å². The van der Waals surface area contributed by atoms with Crippen LogP contribution in [0.2, 0.25) is 0 Å². The summed E-state index contributed by atoms with van der Waals surface area (Å²) in [4.78, 5) is 41.5. The van der Waals surface area contributed by atoms with Crippen LogP contribution in [0.4, 0.5) is 5.69 Å². The Bertz CT molecular complexity index is 992. The number of nitrogens with zero attached hydrogens (tertiary/aromatic N) is 1. The van der Waals surface area contributed by atoms with Gasteiger partial charge in [0.15, 0.2) is 0 Å². The lowest BCUT2D eigenvalue weighted by Crippen LogP contribution is -2.49. The Morgan fingerprint density at radius 3 is 2.22 bits per heavy atom. The van der Waals surface area contributed by atoms with Crippen molar-refractivity contribution in [2.45, 2.75) is 38.6 Å². The zero-order valence-corrected chi connectivity index (χ0v) is 18.2. The molecule has 1 saturated heterocycles. The number of ether oxygens (including phenoxy) is 1. The number of likely N-dealkylation sites (tertiary alicyclic amines) is 1. The number of carbonyl (C=O) groups excluding carboxylic acids is 3. The molecule has 3 aliphatic rings. The molecule has 5 atom stereocenters. The molecular weight excluding hydrogens is 404 g/mol. The molecule has 2 aliphatic carbocycles. The number of imide groups is 1. The molecule has 3 fully saturated rings. The number of carbonyl (C=O) groups is 3. The van der Waals surface area contributed by atoms with Crippen molar-refractivity contribution in [3.63, 3.8) is 0 Å². The zero-order valence-electron chi connectivity index (χ0n) is 18.2. The highest BCUT2D eigenvalue weighted by molar-refractivity contribution is 6.10. The number of hydrogen-bond donors (Lipinski definition) is 1. The third-order valence-electron chi connectivity index (χ3n) is 7.28. The van der Waals surface area contributed by atoms with Gasteiger partial charge >= 0.3 is 0 Å². The SMILES string of the molecule is CCOc1ccc(NC(=O)[C@@H](Cc2ccccc2)N2C(=O)[C@H]3[C@@H]4CC[C@@H](C4)[C@@H]3C2=O)cc1. The number of rotatable bonds is 7. The second kappa shape index (κ2) is 8.41. The second-order valence-electron chi connectivity index (χ2n) is 9.08. The number of amides is 3. The Balaban J connectivity index is 1.41. The highest BCUT2D eigenvalue weighted by Gasteiger charge is 2.62. The van der Waals surface area contributed by atoms with Gasteiger partial charge in [0.25, 0.3) is 0 Å². The van der Waals surface area contributed by atoms with Gasteiger partial charge in [-0.1, -0.05) is 30.3 Å². The molecule has 1 aliphatic heterocycles. The maximum absolute atomic E-state index is 13.4. The predicted octanol–water partition coefficient (Wildman–Crippen LogP) is 3.67. The number of anilines is 1. The fraction of sp³-hybridized carbons (Fsp3) is 0.423. The molecule has 0 spiro atoms. The van der Waals surface area contributed by atoms with Gasteiger partial charge in [0.1, 0.15) is 11.8 Å². The molecule has 2 bridgehead atoms. The maximum Gasteiger partial charge on any atom is 0.248 e. The average Bonchev–Trinajstić information content (AvgIpc) is 3.48. The van der Waals surface area contributed by atoms with Gasteiger partial charge in [0.05, 0.1) is 18.4 Å². The lowest BCUT2D eigenvalue weighted by Gasteiger charge is -2.27. The largest absolute Gasteiger partial charge is 0.494 e. The summed E-state index contributed by atoms with van der Waals surface area (Å²) in [6, 6.07) is 15.8. The summed E-state index contributed by atoms with van der Waals surface area (Å²) < 4.78 is 5.46. The topological polar surface area (TPSA) is 75.7 Å². The molecular formula is C26H28N2O4. The third kappa shape index (κ3) is 3.57. The van der Waals surface area contributed by atoms with Gasteiger partial charge in [0.2, 0.25) is 17.7 Å². The fourth-order valence-corrected chi connectivity index (χ4v) is 5.90. The van der Waals surface area contributed by atoms with Gasteiger partial charge in [0, 0.05) is 12.1 Å². The second-order valence-corrected chi connectivity index (χ2v) is 9.08. The van der Waals surface area contributed by atoms with E-state index in [0.717, 1.165) is 30.6 Å². The molecule has 1 N–H and O–H groups in total. The Kier molecular flexibility index (Phi) is 5.45. The highest BCUT2D eigenvalue weighted by Crippen LogP contribution is 2.56. The van der Waals surface area contributed by atoms with Crippen LogP contribution in [0.15, 0.2) is 54.6 Å². The first kappa shape index (κ1) is 20.7. The van der Waals surface area contributed by atoms with Crippen LogP contribution in [0, 0.1) is 23.7 Å². The summed E-state index contributed by atoms with van der Waals surface area (Å²) in [5.41, 5.74) is 1.52. The van der Waals surface area contributed by atoms with Gasteiger partial charge in [-0.15, -0.1) is 0 Å². The smallest absolute Gasteiger partial charge is 0.248 e. The van der Waals surface area contributed by atoms with Crippen LogP contribution in [0.1, 0.15) is 31.7 Å². The van der Waals surface area contributed by atoms with Crippen LogP contribution in [-0.4, -0.2) is 35.3 Å². The number of fused-ring (bicyclic) bond motifs is 5. The minimum Gasteiger partial charge on any atom is -0.494 e. The predicted molar refractivity (Wildman–Crippen MR) is 120 cm³/mol. The first-order valence-corrected chi connectivity index (χ1v) is 11.5. The molecule has 2 saturated carbocycles. The van der Waals surface area contributed by atoms with Crippen molar-refractivity contribution in [2.24, 2.45) is 23.7 Å². The van der Waals surface area contributed by atoms with E-state index in [1.54, 1.807) is 24.3 Å². The lowest BCUT2D eigenvalue weighted by atomic mass is 9.81. The van der Waals surface area contributed by atoms with Gasteiger partial charge < -0.3 is 10.1 Å². The van der Waals surface area contributed by atoms with E-state index in [-0.39, 0.29) is 41.4 Å². The molecule has 0 aromatic heterocycles. The molecule has 32 heavy (non-hydrogen) atoms. The summed E-state index contributed by atoms with van der Waals surface area (Å²) in [5.74, 6) is 0.170. The lowest BCUT2D eigenvalue weighted by molar-refractivity contribution is -0.147. The molecule has 5 rings (SSSR count). The normalized spacial score (nSPS) is 26.8. The van der Waals surface area contributed by atoms with Gasteiger partial charge in [-0.05, 0) is 67.9 Å². The summed E-state index contributed by atoms with van der Waals surface area (Å²) >= 11 is 0. The van der Waals surface area contributed by atoms with Crippen LogP contribution in [0.3, 0.4) is 0 Å². The van der Waals surface area contributed by atoms with Gasteiger partial charge in [-0.2, -0.15) is 0 Å². The molecule has 2 aromatic carbocycles. The zero-order chi connectivity index (χ0) is 22.2. The molecule has 0 unspecified atom stereocenters. The average molecular weight is 433 g/mol. The minimum absolute atomic E-state index is 0.157. The summed E-state index contributed by atoms with van der Waals surface area (Å²) in [7, 11) is 0. The minimum atomic E-state index is -0.867. The first-order chi connectivity index (χ1) is 15.6. The third-order valence-corrected chi connectivity index (χ3v) is 7.28. The summed E-state index contributed by atoms with van der Waals surface area (Å²) in [5, 5.41) is 2.91. The van der Waals surface area contributed by atoms with Crippen molar-refractivity contribution in [2.75, 3.05) is 11.9 Å². The van der Waals surface area contributed by atoms with Crippen LogP contribution in [-0.2, 0) is 20.8 Å². The van der Waals surface area contributed by atoms with Crippen LogP contribution < -0.4 is 10.1 Å². The number of nitrogens with one attached hydrogen (secondary N) is 1. The van der Waals surface area contributed by atoms with E-state index < -0.39 is 6.04 Å². The molecule has 166 valence electrons. The molecule has 0 radical (unpaired) electrons. The summed E-state index contributed by atoms with van der Waals surface area (Å²) in [6.45, 7) is 2.48. The first-order valence-electron chi connectivity index (χ1n) is 11.5. The van der Waals surface area contributed by atoms with Crippen molar-refractivity contribution < 1.29 is 19.1 Å². The van der Waals surface area contributed by atoms with Crippen molar-refractivity contribution in [3.05, 3.63) is 60.2 Å². The summed E-state index contributed by atoms with van der Waals surface area (Å²) in [6.07, 6.45) is 3.30. The van der Waals surface area contributed by atoms with E-state index in [1.165, 1.54) is 4.90 Å². The Morgan fingerprint density at radius 1 is 1.00 bits per heavy atom. The fourth-order valence-electron chi connectivity index (χ4n) is 5.90. The maximum atomic E-state index is 13.4. The van der Waals surface area contributed by atoms with E-state index in [9.17, 15) is 14.4 Å². The monoisotopic (exact) mass is 432 g/mol. The molecule has 6 nitrogen and oxygen atoms in total. The van der Waals surface area contributed by atoms with E-state index in [2.05, 4.69) is 5.32 Å². The van der Waals surface area contributed by atoms with Gasteiger partial charge in [-0.25, -0.2) is 0 Å².